The number of pyridine rings is 1. The van der Waals surface area contributed by atoms with E-state index in [4.69, 9.17) is 0 Å². The van der Waals surface area contributed by atoms with Gasteiger partial charge in [0, 0.05) is 22.9 Å². The Labute approximate surface area is 99.4 Å². The Balaban J connectivity index is 2.30. The minimum absolute atomic E-state index is 0.596. The van der Waals surface area contributed by atoms with E-state index in [9.17, 15) is 5.11 Å². The zero-order valence-corrected chi connectivity index (χ0v) is 9.82. The fourth-order valence-electron chi connectivity index (χ4n) is 1.54. The Hall–Kier alpha value is -1.32. The number of hydrogen-bond donors (Lipinski definition) is 1. The minimum atomic E-state index is -0.596. The Morgan fingerprint density at radius 2 is 2.00 bits per heavy atom. The van der Waals surface area contributed by atoms with E-state index in [2.05, 4.69) is 4.98 Å². The summed E-state index contributed by atoms with van der Waals surface area (Å²) in [6, 6.07) is 11.6. The number of nitrogens with zero attached hydrogens (tertiary/aromatic N) is 1. The molecule has 3 heteroatoms. The summed E-state index contributed by atoms with van der Waals surface area (Å²) >= 11 is 1.67. The van der Waals surface area contributed by atoms with Crippen molar-refractivity contribution in [2.75, 3.05) is 6.26 Å². The van der Waals surface area contributed by atoms with E-state index >= 15 is 0 Å². The molecule has 0 saturated heterocycles. The maximum atomic E-state index is 10.2. The van der Waals surface area contributed by atoms with Gasteiger partial charge in [-0.05, 0) is 30.0 Å². The van der Waals surface area contributed by atoms with Gasteiger partial charge in [0.2, 0.25) is 0 Å². The van der Waals surface area contributed by atoms with Gasteiger partial charge in [-0.3, -0.25) is 4.98 Å². The molecule has 1 unspecified atom stereocenters. The number of thioether (sulfide) groups is 1. The largest absolute Gasteiger partial charge is 0.384 e. The first kappa shape index (κ1) is 11.2. The Morgan fingerprint density at radius 1 is 1.19 bits per heavy atom. The normalized spacial score (nSPS) is 12.4. The highest BCUT2D eigenvalue weighted by molar-refractivity contribution is 7.98. The second kappa shape index (κ2) is 5.14. The van der Waals surface area contributed by atoms with Crippen molar-refractivity contribution in [3.05, 3.63) is 59.9 Å². The van der Waals surface area contributed by atoms with E-state index in [-0.39, 0.29) is 0 Å². The van der Waals surface area contributed by atoms with Crippen LogP contribution in [0.1, 0.15) is 17.2 Å². The molecule has 0 saturated carbocycles. The number of rotatable bonds is 3. The van der Waals surface area contributed by atoms with Crippen molar-refractivity contribution in [1.29, 1.82) is 0 Å². The summed E-state index contributed by atoms with van der Waals surface area (Å²) in [6.07, 6.45) is 4.82. The smallest absolute Gasteiger partial charge is 0.106 e. The van der Waals surface area contributed by atoms with Crippen LogP contribution >= 0.6 is 11.8 Å². The van der Waals surface area contributed by atoms with Crippen molar-refractivity contribution in [2.45, 2.75) is 11.0 Å². The summed E-state index contributed by atoms with van der Waals surface area (Å²) in [7, 11) is 0. The molecule has 1 atom stereocenters. The zero-order valence-electron chi connectivity index (χ0n) is 9.00. The van der Waals surface area contributed by atoms with Crippen LogP contribution in [0, 0.1) is 0 Å². The van der Waals surface area contributed by atoms with E-state index in [1.165, 1.54) is 0 Å². The number of aliphatic hydroxyl groups is 1. The lowest BCUT2D eigenvalue weighted by Crippen LogP contribution is -1.99. The SMILES string of the molecule is CSc1cccc(C(O)c2cccnc2)c1. The van der Waals surface area contributed by atoms with Gasteiger partial charge in [0.05, 0.1) is 0 Å². The molecule has 82 valence electrons. The fourth-order valence-corrected chi connectivity index (χ4v) is 2.01. The molecule has 0 spiro atoms. The molecule has 0 radical (unpaired) electrons. The van der Waals surface area contributed by atoms with E-state index in [1.54, 1.807) is 24.2 Å². The summed E-state index contributed by atoms with van der Waals surface area (Å²) in [6.45, 7) is 0. The van der Waals surface area contributed by atoms with Crippen LogP contribution in [0.2, 0.25) is 0 Å². The van der Waals surface area contributed by atoms with Crippen molar-refractivity contribution in [3.63, 3.8) is 0 Å². The van der Waals surface area contributed by atoms with Crippen molar-refractivity contribution >= 4 is 11.8 Å². The molecule has 1 N–H and O–H groups in total. The molecule has 0 aliphatic heterocycles. The average molecular weight is 231 g/mol. The van der Waals surface area contributed by atoms with Gasteiger partial charge in [0.15, 0.2) is 0 Å². The van der Waals surface area contributed by atoms with Crippen molar-refractivity contribution in [1.82, 2.24) is 4.98 Å². The number of aromatic nitrogens is 1. The van der Waals surface area contributed by atoms with Crippen LogP contribution in [0.25, 0.3) is 0 Å². The zero-order chi connectivity index (χ0) is 11.4. The third-order valence-electron chi connectivity index (χ3n) is 2.41. The molecule has 0 fully saturated rings. The predicted molar refractivity (Wildman–Crippen MR) is 66.5 cm³/mol. The molecular weight excluding hydrogens is 218 g/mol. The average Bonchev–Trinajstić information content (AvgIpc) is 2.39. The molecule has 1 heterocycles. The molecule has 0 amide bonds. The Morgan fingerprint density at radius 3 is 2.69 bits per heavy atom. The van der Waals surface area contributed by atoms with Crippen LogP contribution in [0.5, 0.6) is 0 Å². The molecule has 2 aromatic rings. The summed E-state index contributed by atoms with van der Waals surface area (Å²) in [4.78, 5) is 5.16. The first-order valence-electron chi connectivity index (χ1n) is 5.03. The molecule has 0 bridgehead atoms. The first-order valence-corrected chi connectivity index (χ1v) is 6.25. The molecule has 1 aromatic carbocycles. The predicted octanol–water partition coefficient (Wildman–Crippen LogP) is 2.89. The van der Waals surface area contributed by atoms with Crippen LogP contribution in [-0.4, -0.2) is 16.3 Å². The van der Waals surface area contributed by atoms with Crippen molar-refractivity contribution in [2.24, 2.45) is 0 Å². The summed E-state index contributed by atoms with van der Waals surface area (Å²) < 4.78 is 0. The second-order valence-electron chi connectivity index (χ2n) is 3.47. The maximum absolute atomic E-state index is 10.2. The summed E-state index contributed by atoms with van der Waals surface area (Å²) in [5.41, 5.74) is 1.72. The molecule has 0 aliphatic rings. The highest BCUT2D eigenvalue weighted by Crippen LogP contribution is 2.24. The number of aliphatic hydroxyl groups excluding tert-OH is 1. The monoisotopic (exact) mass is 231 g/mol. The lowest BCUT2D eigenvalue weighted by Gasteiger charge is -2.11. The highest BCUT2D eigenvalue weighted by atomic mass is 32.2. The topological polar surface area (TPSA) is 33.1 Å². The second-order valence-corrected chi connectivity index (χ2v) is 4.35. The number of benzene rings is 1. The first-order chi connectivity index (χ1) is 7.81. The molecule has 2 rings (SSSR count). The molecule has 1 aromatic heterocycles. The van der Waals surface area contributed by atoms with Crippen LogP contribution in [0.4, 0.5) is 0 Å². The van der Waals surface area contributed by atoms with Gasteiger partial charge in [0.25, 0.3) is 0 Å². The van der Waals surface area contributed by atoms with E-state index in [0.717, 1.165) is 16.0 Å². The molecule has 16 heavy (non-hydrogen) atoms. The van der Waals surface area contributed by atoms with E-state index in [0.29, 0.717) is 0 Å². The molecular formula is C13H13NOS. The van der Waals surface area contributed by atoms with Crippen LogP contribution in [-0.2, 0) is 0 Å². The van der Waals surface area contributed by atoms with Gasteiger partial charge in [0.1, 0.15) is 6.10 Å². The highest BCUT2D eigenvalue weighted by Gasteiger charge is 2.10. The van der Waals surface area contributed by atoms with Crippen LogP contribution in [0.15, 0.2) is 53.7 Å². The fraction of sp³-hybridized carbons (Fsp3) is 0.154. The van der Waals surface area contributed by atoms with E-state index in [1.807, 2.05) is 42.7 Å². The maximum Gasteiger partial charge on any atom is 0.106 e. The van der Waals surface area contributed by atoms with Gasteiger partial charge in [-0.25, -0.2) is 0 Å². The van der Waals surface area contributed by atoms with Crippen LogP contribution in [0.3, 0.4) is 0 Å². The quantitative estimate of drug-likeness (QED) is 0.824. The van der Waals surface area contributed by atoms with Gasteiger partial charge < -0.3 is 5.11 Å². The standard InChI is InChI=1S/C13H13NOS/c1-16-12-6-2-4-10(8-12)13(15)11-5-3-7-14-9-11/h2-9,13,15H,1H3. The van der Waals surface area contributed by atoms with Gasteiger partial charge >= 0.3 is 0 Å². The third kappa shape index (κ3) is 2.43. The third-order valence-corrected chi connectivity index (χ3v) is 3.14. The van der Waals surface area contributed by atoms with Crippen LogP contribution < -0.4 is 0 Å². The van der Waals surface area contributed by atoms with Crippen molar-refractivity contribution < 1.29 is 5.11 Å². The number of hydrogen-bond acceptors (Lipinski definition) is 3. The minimum Gasteiger partial charge on any atom is -0.384 e. The molecule has 0 aliphatic carbocycles. The summed E-state index contributed by atoms with van der Waals surface area (Å²) in [5.74, 6) is 0. The Bertz CT molecular complexity index is 458. The van der Waals surface area contributed by atoms with Gasteiger partial charge in [-0.15, -0.1) is 11.8 Å². The summed E-state index contributed by atoms with van der Waals surface area (Å²) in [5, 5.41) is 10.2. The van der Waals surface area contributed by atoms with Gasteiger partial charge in [-0.2, -0.15) is 0 Å². The Kier molecular flexibility index (Phi) is 3.59. The molecule has 2 nitrogen and oxygen atoms in total. The van der Waals surface area contributed by atoms with E-state index < -0.39 is 6.10 Å². The van der Waals surface area contributed by atoms with Crippen molar-refractivity contribution in [3.8, 4) is 0 Å². The lowest BCUT2D eigenvalue weighted by atomic mass is 10.0. The van der Waals surface area contributed by atoms with Gasteiger partial charge in [-0.1, -0.05) is 18.2 Å². The lowest BCUT2D eigenvalue weighted by molar-refractivity contribution is 0.219.